The zero-order chi connectivity index (χ0) is 18.5. The molecule has 8 heteroatoms. The second-order valence-corrected chi connectivity index (χ2v) is 7.33. The second kappa shape index (κ2) is 7.99. The lowest BCUT2D eigenvalue weighted by atomic mass is 10.1. The zero-order valence-electron chi connectivity index (χ0n) is 13.5. The number of nitrogens with one attached hydrogen (secondary N) is 1. The van der Waals surface area contributed by atoms with Crippen molar-refractivity contribution in [3.63, 3.8) is 0 Å². The van der Waals surface area contributed by atoms with Crippen molar-refractivity contribution >= 4 is 10.0 Å². The molecule has 0 saturated carbocycles. The average molecular weight is 373 g/mol. The fourth-order valence-corrected chi connectivity index (χ4v) is 3.03. The zero-order valence-corrected chi connectivity index (χ0v) is 14.3. The van der Waals surface area contributed by atoms with Crippen molar-refractivity contribution in [1.82, 2.24) is 4.72 Å². The highest BCUT2D eigenvalue weighted by molar-refractivity contribution is 7.89. The smallest absolute Gasteiger partial charge is 0.367 e. The molecule has 0 saturated heterocycles. The Bertz CT molecular complexity index is 785. The first kappa shape index (κ1) is 19.4. The summed E-state index contributed by atoms with van der Waals surface area (Å²) in [5, 5.41) is 0. The van der Waals surface area contributed by atoms with Gasteiger partial charge in [0.15, 0.2) is 0 Å². The highest BCUT2D eigenvalue weighted by atomic mass is 32.2. The first-order chi connectivity index (χ1) is 11.7. The van der Waals surface area contributed by atoms with Gasteiger partial charge >= 0.3 is 6.18 Å². The van der Waals surface area contributed by atoms with Crippen LogP contribution in [0.25, 0.3) is 0 Å². The third-order valence-corrected chi connectivity index (χ3v) is 4.77. The van der Waals surface area contributed by atoms with Crippen LogP contribution in [0.5, 0.6) is 0 Å². The third-order valence-electron chi connectivity index (χ3n) is 3.36. The van der Waals surface area contributed by atoms with Gasteiger partial charge < -0.3 is 4.74 Å². The highest BCUT2D eigenvalue weighted by Gasteiger charge is 2.27. The van der Waals surface area contributed by atoms with Gasteiger partial charge in [-0.1, -0.05) is 42.0 Å². The summed E-state index contributed by atoms with van der Waals surface area (Å²) >= 11 is 0. The SMILES string of the molecule is Cc1ccc(S(=O)(=O)NCc2ccc(COCC(F)(F)F)cc2)cc1. The summed E-state index contributed by atoms with van der Waals surface area (Å²) in [6, 6.07) is 13.0. The minimum atomic E-state index is -4.35. The summed E-state index contributed by atoms with van der Waals surface area (Å²) in [5.74, 6) is 0. The fourth-order valence-electron chi connectivity index (χ4n) is 2.02. The number of benzene rings is 2. The van der Waals surface area contributed by atoms with E-state index in [0.717, 1.165) is 5.56 Å². The van der Waals surface area contributed by atoms with E-state index in [0.29, 0.717) is 11.1 Å². The normalized spacial score (nSPS) is 12.3. The number of hydrogen-bond acceptors (Lipinski definition) is 3. The summed E-state index contributed by atoms with van der Waals surface area (Å²) in [6.07, 6.45) is -4.35. The molecule has 0 bridgehead atoms. The molecule has 0 aliphatic heterocycles. The van der Waals surface area contributed by atoms with Crippen molar-refractivity contribution in [2.24, 2.45) is 0 Å². The van der Waals surface area contributed by atoms with Gasteiger partial charge in [0.1, 0.15) is 6.61 Å². The average Bonchev–Trinajstić information content (AvgIpc) is 2.53. The van der Waals surface area contributed by atoms with Crippen molar-refractivity contribution in [3.8, 4) is 0 Å². The van der Waals surface area contributed by atoms with Crippen molar-refractivity contribution in [3.05, 3.63) is 65.2 Å². The number of hydrogen-bond donors (Lipinski definition) is 1. The molecule has 0 aliphatic rings. The Morgan fingerprint density at radius 3 is 2.08 bits per heavy atom. The Kier molecular flexibility index (Phi) is 6.21. The standard InChI is InChI=1S/C17H18F3NO3S/c1-13-2-8-16(9-3-13)25(22,23)21-10-14-4-6-15(7-5-14)11-24-12-17(18,19)20/h2-9,21H,10-12H2,1H3. The highest BCUT2D eigenvalue weighted by Crippen LogP contribution is 2.16. The van der Waals surface area contributed by atoms with Crippen LogP contribution in [0.4, 0.5) is 13.2 Å². The predicted molar refractivity (Wildman–Crippen MR) is 87.4 cm³/mol. The summed E-state index contributed by atoms with van der Waals surface area (Å²) in [6.45, 7) is 0.490. The Hall–Kier alpha value is -1.90. The lowest BCUT2D eigenvalue weighted by Crippen LogP contribution is -2.23. The van der Waals surface area contributed by atoms with E-state index in [9.17, 15) is 21.6 Å². The van der Waals surface area contributed by atoms with Gasteiger partial charge in [-0.2, -0.15) is 13.2 Å². The van der Waals surface area contributed by atoms with Gasteiger partial charge in [0.05, 0.1) is 11.5 Å². The number of aryl methyl sites for hydroxylation is 1. The van der Waals surface area contributed by atoms with E-state index in [4.69, 9.17) is 0 Å². The van der Waals surface area contributed by atoms with Crippen LogP contribution in [0.1, 0.15) is 16.7 Å². The molecule has 136 valence electrons. The van der Waals surface area contributed by atoms with Gasteiger partial charge in [0, 0.05) is 6.54 Å². The van der Waals surface area contributed by atoms with Gasteiger partial charge in [-0.05, 0) is 30.2 Å². The predicted octanol–water partition coefficient (Wildman–Crippen LogP) is 3.55. The number of halogens is 3. The lowest BCUT2D eigenvalue weighted by Gasteiger charge is -2.09. The molecule has 0 aliphatic carbocycles. The van der Waals surface area contributed by atoms with Crippen molar-refractivity contribution in [2.75, 3.05) is 6.61 Å². The van der Waals surface area contributed by atoms with E-state index < -0.39 is 22.8 Å². The molecule has 0 heterocycles. The first-order valence-electron chi connectivity index (χ1n) is 7.44. The van der Waals surface area contributed by atoms with E-state index in [1.54, 1.807) is 36.4 Å². The third kappa shape index (κ3) is 6.49. The molecular formula is C17H18F3NO3S. The quantitative estimate of drug-likeness (QED) is 0.808. The van der Waals surface area contributed by atoms with Gasteiger partial charge in [-0.15, -0.1) is 0 Å². The maximum atomic E-state index is 12.2. The molecule has 1 N–H and O–H groups in total. The number of rotatable bonds is 7. The van der Waals surface area contributed by atoms with Crippen LogP contribution in [0.2, 0.25) is 0 Å². The van der Waals surface area contributed by atoms with Crippen LogP contribution < -0.4 is 4.72 Å². The minimum absolute atomic E-state index is 0.0832. The minimum Gasteiger partial charge on any atom is -0.367 e. The topological polar surface area (TPSA) is 55.4 Å². The largest absolute Gasteiger partial charge is 0.411 e. The Morgan fingerprint density at radius 2 is 1.52 bits per heavy atom. The van der Waals surface area contributed by atoms with Gasteiger partial charge in [-0.25, -0.2) is 13.1 Å². The molecule has 2 aromatic carbocycles. The molecule has 0 atom stereocenters. The van der Waals surface area contributed by atoms with Crippen molar-refractivity contribution in [1.29, 1.82) is 0 Å². The van der Waals surface area contributed by atoms with Gasteiger partial charge in [0.2, 0.25) is 10.0 Å². The maximum absolute atomic E-state index is 12.2. The summed E-state index contributed by atoms with van der Waals surface area (Å²) in [5.41, 5.74) is 2.23. The van der Waals surface area contributed by atoms with E-state index >= 15 is 0 Å². The second-order valence-electron chi connectivity index (χ2n) is 5.56. The molecule has 0 aromatic heterocycles. The molecule has 0 unspecified atom stereocenters. The van der Waals surface area contributed by atoms with Crippen LogP contribution >= 0.6 is 0 Å². The van der Waals surface area contributed by atoms with Crippen LogP contribution in [-0.4, -0.2) is 21.2 Å². The molecule has 2 aromatic rings. The molecule has 2 rings (SSSR count). The molecule has 25 heavy (non-hydrogen) atoms. The molecule has 0 fully saturated rings. The Morgan fingerprint density at radius 1 is 0.960 bits per heavy atom. The van der Waals surface area contributed by atoms with Crippen LogP contribution in [0.15, 0.2) is 53.4 Å². The molecule has 4 nitrogen and oxygen atoms in total. The molecule has 0 radical (unpaired) electrons. The van der Waals surface area contributed by atoms with Gasteiger partial charge in [0.25, 0.3) is 0 Å². The van der Waals surface area contributed by atoms with Gasteiger partial charge in [-0.3, -0.25) is 0 Å². The Balaban J connectivity index is 1.89. The Labute approximate surface area is 144 Å². The molecular weight excluding hydrogens is 355 g/mol. The van der Waals surface area contributed by atoms with Crippen molar-refractivity contribution in [2.45, 2.75) is 31.1 Å². The van der Waals surface area contributed by atoms with Crippen LogP contribution in [-0.2, 0) is 27.9 Å². The summed E-state index contributed by atoms with van der Waals surface area (Å²) in [4.78, 5) is 0.176. The first-order valence-corrected chi connectivity index (χ1v) is 8.93. The molecule has 0 spiro atoms. The van der Waals surface area contributed by atoms with E-state index in [-0.39, 0.29) is 18.0 Å². The van der Waals surface area contributed by atoms with E-state index in [1.807, 2.05) is 6.92 Å². The van der Waals surface area contributed by atoms with E-state index in [1.165, 1.54) is 12.1 Å². The summed E-state index contributed by atoms with van der Waals surface area (Å²) in [7, 11) is -3.62. The maximum Gasteiger partial charge on any atom is 0.411 e. The summed E-state index contributed by atoms with van der Waals surface area (Å²) < 4.78 is 67.4. The molecule has 0 amide bonds. The number of ether oxygens (including phenoxy) is 1. The number of alkyl halides is 3. The lowest BCUT2D eigenvalue weighted by molar-refractivity contribution is -0.176. The van der Waals surface area contributed by atoms with Crippen LogP contribution in [0, 0.1) is 6.92 Å². The number of sulfonamides is 1. The van der Waals surface area contributed by atoms with E-state index in [2.05, 4.69) is 9.46 Å². The van der Waals surface area contributed by atoms with Crippen molar-refractivity contribution < 1.29 is 26.3 Å². The monoisotopic (exact) mass is 373 g/mol. The fraction of sp³-hybridized carbons (Fsp3) is 0.294. The van der Waals surface area contributed by atoms with Crippen LogP contribution in [0.3, 0.4) is 0 Å².